The fraction of sp³-hybridized carbons (Fsp3) is 0.600. The summed E-state index contributed by atoms with van der Waals surface area (Å²) >= 11 is 2.72. The summed E-state index contributed by atoms with van der Waals surface area (Å²) in [4.78, 5) is 47.3. The Bertz CT molecular complexity index is 508. The Balaban J connectivity index is 2.30. The maximum atomic E-state index is 12.2. The van der Waals surface area contributed by atoms with E-state index in [1.807, 2.05) is 0 Å². The topological polar surface area (TPSA) is 90.0 Å². The van der Waals surface area contributed by atoms with Crippen molar-refractivity contribution in [2.75, 3.05) is 32.3 Å². The number of likely N-dealkylation sites (tertiary alicyclic amines) is 1. The van der Waals surface area contributed by atoms with E-state index in [0.717, 1.165) is 0 Å². The van der Waals surface area contributed by atoms with Gasteiger partial charge in [-0.1, -0.05) is 6.08 Å². The zero-order chi connectivity index (χ0) is 17.9. The molecule has 7 nitrogen and oxygen atoms in total. The van der Waals surface area contributed by atoms with Gasteiger partial charge in [-0.15, -0.1) is 23.5 Å². The average Bonchev–Trinajstić information content (AvgIpc) is 2.84. The Morgan fingerprint density at radius 3 is 2.42 bits per heavy atom. The first-order valence-electron chi connectivity index (χ1n) is 7.35. The zero-order valence-electron chi connectivity index (χ0n) is 13.7. The largest absolute Gasteiger partial charge is 0.469 e. The maximum Gasteiger partial charge on any atom is 0.306 e. The minimum Gasteiger partial charge on any atom is -0.469 e. The average molecular weight is 375 g/mol. The van der Waals surface area contributed by atoms with Gasteiger partial charge in [-0.2, -0.15) is 0 Å². The lowest BCUT2D eigenvalue weighted by molar-refractivity contribution is -0.141. The van der Waals surface area contributed by atoms with Crippen LogP contribution in [0.4, 0.5) is 0 Å². The molecule has 0 spiro atoms. The highest BCUT2D eigenvalue weighted by molar-refractivity contribution is 8.02. The monoisotopic (exact) mass is 375 g/mol. The van der Waals surface area contributed by atoms with Crippen molar-refractivity contribution in [1.82, 2.24) is 4.90 Å². The SMILES string of the molecule is COC(=O)CCS/C=C/CN1C(=O)CC(SCCC(=O)OC)C1=O. The molecule has 0 bridgehead atoms. The van der Waals surface area contributed by atoms with Gasteiger partial charge in [0.15, 0.2) is 0 Å². The molecule has 0 N–H and O–H groups in total. The molecule has 1 aliphatic heterocycles. The fourth-order valence-corrected chi connectivity index (χ4v) is 3.63. The van der Waals surface area contributed by atoms with Crippen molar-refractivity contribution >= 4 is 47.3 Å². The standard InChI is InChI=1S/C15H21NO6S2/c1-21-13(18)4-8-23-7-3-6-16-12(17)10-11(15(16)20)24-9-5-14(19)22-2/h3,7,11H,4-6,8-10H2,1-2H3/b7-3+. The molecule has 1 aliphatic rings. The Labute approximate surface area is 149 Å². The van der Waals surface area contributed by atoms with Crippen LogP contribution in [0.5, 0.6) is 0 Å². The Kier molecular flexibility index (Phi) is 9.55. The first kappa shape index (κ1) is 20.6. The molecule has 134 valence electrons. The molecule has 1 unspecified atom stereocenters. The second-order valence-electron chi connectivity index (χ2n) is 4.80. The van der Waals surface area contributed by atoms with Gasteiger partial charge in [0.25, 0.3) is 0 Å². The molecule has 0 saturated carbocycles. The molecule has 0 aliphatic carbocycles. The summed E-state index contributed by atoms with van der Waals surface area (Å²) in [6, 6.07) is 0. The number of carbonyl (C=O) groups excluding carboxylic acids is 4. The van der Waals surface area contributed by atoms with Gasteiger partial charge in [0.05, 0.1) is 32.3 Å². The van der Waals surface area contributed by atoms with Crippen LogP contribution in [-0.2, 0) is 28.7 Å². The molecule has 1 fully saturated rings. The van der Waals surface area contributed by atoms with Crippen LogP contribution < -0.4 is 0 Å². The maximum absolute atomic E-state index is 12.2. The fourth-order valence-electron chi connectivity index (χ4n) is 1.89. The number of imide groups is 1. The Morgan fingerprint density at radius 1 is 1.17 bits per heavy atom. The van der Waals surface area contributed by atoms with Gasteiger partial charge in [-0.3, -0.25) is 24.1 Å². The summed E-state index contributed by atoms with van der Waals surface area (Å²) < 4.78 is 9.06. The molecule has 0 aromatic heterocycles. The number of methoxy groups -OCH3 is 2. The second-order valence-corrected chi connectivity index (χ2v) is 7.13. The second kappa shape index (κ2) is 11.1. The third-order valence-electron chi connectivity index (χ3n) is 3.19. The van der Waals surface area contributed by atoms with E-state index in [9.17, 15) is 19.2 Å². The van der Waals surface area contributed by atoms with Crippen LogP contribution in [0.15, 0.2) is 11.5 Å². The predicted molar refractivity (Wildman–Crippen MR) is 92.4 cm³/mol. The molecule has 24 heavy (non-hydrogen) atoms. The summed E-state index contributed by atoms with van der Waals surface area (Å²) in [6.07, 6.45) is 2.41. The van der Waals surface area contributed by atoms with Gasteiger partial charge < -0.3 is 9.47 Å². The molecular weight excluding hydrogens is 354 g/mol. The number of esters is 2. The van der Waals surface area contributed by atoms with Gasteiger partial charge >= 0.3 is 11.9 Å². The van der Waals surface area contributed by atoms with Gasteiger partial charge in [0, 0.05) is 24.5 Å². The van der Waals surface area contributed by atoms with Crippen LogP contribution in [0.25, 0.3) is 0 Å². The van der Waals surface area contributed by atoms with E-state index in [4.69, 9.17) is 0 Å². The number of ether oxygens (including phenoxy) is 2. The highest BCUT2D eigenvalue weighted by atomic mass is 32.2. The smallest absolute Gasteiger partial charge is 0.306 e. The van der Waals surface area contributed by atoms with Crippen molar-refractivity contribution in [1.29, 1.82) is 0 Å². The number of hydrogen-bond acceptors (Lipinski definition) is 8. The molecule has 1 atom stereocenters. The summed E-state index contributed by atoms with van der Waals surface area (Å²) in [5.74, 6) is -0.00459. The first-order valence-corrected chi connectivity index (χ1v) is 9.45. The van der Waals surface area contributed by atoms with E-state index >= 15 is 0 Å². The van der Waals surface area contributed by atoms with Crippen molar-refractivity contribution in [3.05, 3.63) is 11.5 Å². The van der Waals surface area contributed by atoms with Gasteiger partial charge in [0.1, 0.15) is 0 Å². The molecule has 2 amide bonds. The van der Waals surface area contributed by atoms with Crippen molar-refractivity contribution in [2.24, 2.45) is 0 Å². The zero-order valence-corrected chi connectivity index (χ0v) is 15.3. The number of rotatable bonds is 10. The summed E-state index contributed by atoms with van der Waals surface area (Å²) in [5, 5.41) is 1.34. The Hall–Kier alpha value is -1.48. The molecule has 9 heteroatoms. The van der Waals surface area contributed by atoms with Crippen molar-refractivity contribution in [3.63, 3.8) is 0 Å². The van der Waals surface area contributed by atoms with Crippen LogP contribution in [0.3, 0.4) is 0 Å². The number of amides is 2. The predicted octanol–water partition coefficient (Wildman–Crippen LogP) is 1.22. The molecular formula is C15H21NO6S2. The van der Waals surface area contributed by atoms with E-state index in [2.05, 4.69) is 9.47 Å². The van der Waals surface area contributed by atoms with Gasteiger partial charge in [0.2, 0.25) is 11.8 Å². The van der Waals surface area contributed by atoms with E-state index in [1.54, 1.807) is 11.5 Å². The van der Waals surface area contributed by atoms with Gasteiger partial charge in [-0.05, 0) is 5.41 Å². The van der Waals surface area contributed by atoms with Crippen molar-refractivity contribution in [3.8, 4) is 0 Å². The summed E-state index contributed by atoms with van der Waals surface area (Å²) in [7, 11) is 2.65. The van der Waals surface area contributed by atoms with Crippen LogP contribution in [-0.4, -0.2) is 66.2 Å². The van der Waals surface area contributed by atoms with Crippen LogP contribution in [0.1, 0.15) is 19.3 Å². The number of nitrogens with zero attached hydrogens (tertiary/aromatic N) is 1. The van der Waals surface area contributed by atoms with Crippen molar-refractivity contribution < 1.29 is 28.7 Å². The van der Waals surface area contributed by atoms with E-state index in [0.29, 0.717) is 17.9 Å². The number of hydrogen-bond donors (Lipinski definition) is 0. The lowest BCUT2D eigenvalue weighted by atomic mass is 10.4. The quantitative estimate of drug-likeness (QED) is 0.320. The number of thioether (sulfide) groups is 2. The molecule has 1 saturated heterocycles. The van der Waals surface area contributed by atoms with Crippen LogP contribution >= 0.6 is 23.5 Å². The lowest BCUT2D eigenvalue weighted by Crippen LogP contribution is -2.31. The summed E-state index contributed by atoms with van der Waals surface area (Å²) in [5.41, 5.74) is 0. The molecule has 0 aromatic rings. The van der Waals surface area contributed by atoms with Crippen LogP contribution in [0, 0.1) is 0 Å². The van der Waals surface area contributed by atoms with Crippen LogP contribution in [0.2, 0.25) is 0 Å². The van der Waals surface area contributed by atoms with E-state index in [1.165, 1.54) is 42.6 Å². The minimum atomic E-state index is -0.428. The molecule has 1 rings (SSSR count). The number of carbonyl (C=O) groups is 4. The lowest BCUT2D eigenvalue weighted by Gasteiger charge is -2.12. The van der Waals surface area contributed by atoms with Crippen molar-refractivity contribution in [2.45, 2.75) is 24.5 Å². The third kappa shape index (κ3) is 6.96. The minimum absolute atomic E-state index is 0.161. The molecule has 0 aromatic carbocycles. The highest BCUT2D eigenvalue weighted by Gasteiger charge is 2.37. The normalized spacial score (nSPS) is 17.6. The van der Waals surface area contributed by atoms with E-state index in [-0.39, 0.29) is 43.1 Å². The Morgan fingerprint density at radius 2 is 1.79 bits per heavy atom. The molecule has 1 heterocycles. The first-order chi connectivity index (χ1) is 11.5. The summed E-state index contributed by atoms with van der Waals surface area (Å²) in [6.45, 7) is 0.219. The third-order valence-corrected chi connectivity index (χ3v) is 5.22. The van der Waals surface area contributed by atoms with E-state index < -0.39 is 5.25 Å². The molecule has 0 radical (unpaired) electrons. The highest BCUT2D eigenvalue weighted by Crippen LogP contribution is 2.25. The van der Waals surface area contributed by atoms with Gasteiger partial charge in [-0.25, -0.2) is 0 Å².